The first-order chi connectivity index (χ1) is 8.22. The molecule has 0 spiro atoms. The second-order valence-corrected chi connectivity index (χ2v) is 3.77. The Bertz CT molecular complexity index is 535. The van der Waals surface area contributed by atoms with Gasteiger partial charge in [-0.2, -0.15) is 0 Å². The summed E-state index contributed by atoms with van der Waals surface area (Å²) >= 11 is 0. The Labute approximate surface area is 98.3 Å². The van der Waals surface area contributed by atoms with Crippen molar-refractivity contribution in [2.24, 2.45) is 10.9 Å². The average molecular weight is 234 g/mol. The fraction of sp³-hybridized carbons (Fsp3) is 0.273. The molecular formula is C11H14N4O2. The van der Waals surface area contributed by atoms with Crippen molar-refractivity contribution >= 4 is 22.6 Å². The summed E-state index contributed by atoms with van der Waals surface area (Å²) < 4.78 is 5.20. The molecule has 90 valence electrons. The van der Waals surface area contributed by atoms with Crippen molar-refractivity contribution in [1.29, 1.82) is 0 Å². The molecule has 0 aliphatic carbocycles. The third-order valence-corrected chi connectivity index (χ3v) is 2.55. The number of nitrogens with zero attached hydrogens (tertiary/aromatic N) is 3. The molecule has 17 heavy (non-hydrogen) atoms. The standard InChI is InChI=1S/C11H14N4O2/c1-15(7-6-10(12)13-16)11-8-4-2-3-5-9(8)17-14-11/h2-5,16H,6-7H2,1H3,(H2,12,13). The zero-order valence-corrected chi connectivity index (χ0v) is 9.50. The molecule has 3 N–H and O–H groups in total. The molecule has 0 fully saturated rings. The van der Waals surface area contributed by atoms with Crippen molar-refractivity contribution < 1.29 is 9.73 Å². The fourth-order valence-electron chi connectivity index (χ4n) is 1.59. The van der Waals surface area contributed by atoms with Gasteiger partial charge in [-0.15, -0.1) is 0 Å². The molecule has 6 heteroatoms. The number of benzene rings is 1. The van der Waals surface area contributed by atoms with Gasteiger partial charge in [-0.3, -0.25) is 0 Å². The molecule has 0 unspecified atom stereocenters. The van der Waals surface area contributed by atoms with E-state index in [4.69, 9.17) is 15.5 Å². The second kappa shape index (κ2) is 4.73. The molecule has 1 aromatic heterocycles. The molecule has 2 aromatic rings. The van der Waals surface area contributed by atoms with Crippen LogP contribution >= 0.6 is 0 Å². The number of para-hydroxylation sites is 1. The Hall–Kier alpha value is -2.24. The molecule has 2 rings (SSSR count). The van der Waals surface area contributed by atoms with Gasteiger partial charge in [0.25, 0.3) is 0 Å². The van der Waals surface area contributed by atoms with E-state index in [2.05, 4.69) is 10.3 Å². The van der Waals surface area contributed by atoms with Crippen LogP contribution in [0.3, 0.4) is 0 Å². The number of nitrogens with two attached hydrogens (primary N) is 1. The molecule has 1 heterocycles. The van der Waals surface area contributed by atoms with Crippen LogP contribution in [0.5, 0.6) is 0 Å². The van der Waals surface area contributed by atoms with E-state index in [9.17, 15) is 0 Å². The molecular weight excluding hydrogens is 220 g/mol. The summed E-state index contributed by atoms with van der Waals surface area (Å²) in [5.74, 6) is 0.955. The van der Waals surface area contributed by atoms with Crippen molar-refractivity contribution in [3.8, 4) is 0 Å². The maximum absolute atomic E-state index is 8.46. The van der Waals surface area contributed by atoms with Crippen LogP contribution in [0.2, 0.25) is 0 Å². The summed E-state index contributed by atoms with van der Waals surface area (Å²) in [5.41, 5.74) is 6.17. The van der Waals surface area contributed by atoms with Gasteiger partial charge in [0.2, 0.25) is 0 Å². The summed E-state index contributed by atoms with van der Waals surface area (Å²) in [6, 6.07) is 7.64. The van der Waals surface area contributed by atoms with Crippen molar-refractivity contribution in [3.05, 3.63) is 24.3 Å². The number of fused-ring (bicyclic) bond motifs is 1. The van der Waals surface area contributed by atoms with Crippen molar-refractivity contribution in [2.75, 3.05) is 18.5 Å². The van der Waals surface area contributed by atoms with Gasteiger partial charge >= 0.3 is 0 Å². The molecule has 6 nitrogen and oxygen atoms in total. The lowest BCUT2D eigenvalue weighted by Crippen LogP contribution is -2.24. The monoisotopic (exact) mass is 234 g/mol. The molecule has 0 amide bonds. The van der Waals surface area contributed by atoms with Gasteiger partial charge in [0.1, 0.15) is 5.84 Å². The van der Waals surface area contributed by atoms with Gasteiger partial charge in [-0.05, 0) is 12.1 Å². The Morgan fingerprint density at radius 3 is 3.06 bits per heavy atom. The molecule has 1 aromatic carbocycles. The number of hydrogen-bond donors (Lipinski definition) is 2. The van der Waals surface area contributed by atoms with Crippen LogP contribution in [0.25, 0.3) is 11.0 Å². The largest absolute Gasteiger partial charge is 0.409 e. The van der Waals surface area contributed by atoms with Gasteiger partial charge in [0.05, 0.1) is 5.39 Å². The lowest BCUT2D eigenvalue weighted by molar-refractivity contribution is 0.317. The van der Waals surface area contributed by atoms with Crippen LogP contribution in [0.4, 0.5) is 5.82 Å². The molecule has 0 saturated carbocycles. The van der Waals surface area contributed by atoms with Crippen molar-refractivity contribution in [3.63, 3.8) is 0 Å². The number of oxime groups is 1. The Balaban J connectivity index is 2.16. The quantitative estimate of drug-likeness (QED) is 0.361. The van der Waals surface area contributed by atoms with Crippen LogP contribution in [0, 0.1) is 0 Å². The topological polar surface area (TPSA) is 87.9 Å². The van der Waals surface area contributed by atoms with E-state index < -0.39 is 0 Å². The minimum absolute atomic E-state index is 0.199. The van der Waals surface area contributed by atoms with Crippen molar-refractivity contribution in [2.45, 2.75) is 6.42 Å². The zero-order valence-electron chi connectivity index (χ0n) is 9.50. The summed E-state index contributed by atoms with van der Waals surface area (Å²) in [5, 5.41) is 16.3. The SMILES string of the molecule is CN(CC/C(N)=N/O)c1noc2ccccc12. The predicted molar refractivity (Wildman–Crippen MR) is 65.3 cm³/mol. The van der Waals surface area contributed by atoms with E-state index in [1.165, 1.54) is 0 Å². The molecule has 0 bridgehead atoms. The van der Waals surface area contributed by atoms with E-state index in [1.54, 1.807) is 0 Å². The first kappa shape index (κ1) is 11.3. The normalized spacial score (nSPS) is 11.9. The van der Waals surface area contributed by atoms with Crippen LogP contribution in [0.15, 0.2) is 33.9 Å². The highest BCUT2D eigenvalue weighted by atomic mass is 16.5. The third kappa shape index (κ3) is 2.30. The van der Waals surface area contributed by atoms with Gasteiger partial charge in [0.15, 0.2) is 11.4 Å². The Morgan fingerprint density at radius 2 is 2.29 bits per heavy atom. The molecule has 0 aliphatic heterocycles. The molecule has 0 aliphatic rings. The molecule has 0 radical (unpaired) electrons. The lowest BCUT2D eigenvalue weighted by atomic mass is 10.2. The minimum atomic E-state index is 0.199. The summed E-state index contributed by atoms with van der Waals surface area (Å²) in [6.45, 7) is 0.604. The van der Waals surface area contributed by atoms with Gasteiger partial charge in [-0.1, -0.05) is 22.4 Å². The lowest BCUT2D eigenvalue weighted by Gasteiger charge is -2.15. The van der Waals surface area contributed by atoms with E-state index in [0.29, 0.717) is 13.0 Å². The fourth-order valence-corrected chi connectivity index (χ4v) is 1.59. The summed E-state index contributed by atoms with van der Waals surface area (Å²) in [4.78, 5) is 1.91. The molecule has 0 atom stereocenters. The van der Waals surface area contributed by atoms with Gasteiger partial charge in [-0.25, -0.2) is 0 Å². The van der Waals surface area contributed by atoms with Crippen LogP contribution < -0.4 is 10.6 Å². The van der Waals surface area contributed by atoms with Crippen molar-refractivity contribution in [1.82, 2.24) is 5.16 Å². The highest BCUT2D eigenvalue weighted by molar-refractivity contribution is 5.88. The third-order valence-electron chi connectivity index (χ3n) is 2.55. The van der Waals surface area contributed by atoms with Gasteiger partial charge in [0, 0.05) is 20.0 Å². The number of rotatable bonds is 4. The van der Waals surface area contributed by atoms with E-state index in [1.807, 2.05) is 36.2 Å². The highest BCUT2D eigenvalue weighted by Gasteiger charge is 2.11. The van der Waals surface area contributed by atoms with Crippen LogP contribution in [-0.2, 0) is 0 Å². The smallest absolute Gasteiger partial charge is 0.179 e. The molecule has 0 saturated heterocycles. The summed E-state index contributed by atoms with van der Waals surface area (Å²) in [7, 11) is 1.88. The predicted octanol–water partition coefficient (Wildman–Crippen LogP) is 1.40. The zero-order chi connectivity index (χ0) is 12.3. The number of anilines is 1. The Kier molecular flexibility index (Phi) is 3.13. The van der Waals surface area contributed by atoms with E-state index in [0.717, 1.165) is 16.8 Å². The van der Waals surface area contributed by atoms with Crippen LogP contribution in [-0.4, -0.2) is 29.8 Å². The maximum Gasteiger partial charge on any atom is 0.179 e. The first-order valence-corrected chi connectivity index (χ1v) is 5.24. The van der Waals surface area contributed by atoms with Crippen LogP contribution in [0.1, 0.15) is 6.42 Å². The second-order valence-electron chi connectivity index (χ2n) is 3.77. The Morgan fingerprint density at radius 1 is 1.53 bits per heavy atom. The highest BCUT2D eigenvalue weighted by Crippen LogP contribution is 2.24. The maximum atomic E-state index is 8.46. The summed E-state index contributed by atoms with van der Waals surface area (Å²) in [6.07, 6.45) is 0.466. The number of aromatic nitrogens is 1. The number of amidine groups is 1. The van der Waals surface area contributed by atoms with Gasteiger partial charge < -0.3 is 20.4 Å². The van der Waals surface area contributed by atoms with E-state index in [-0.39, 0.29) is 5.84 Å². The first-order valence-electron chi connectivity index (χ1n) is 5.24. The number of hydrogen-bond acceptors (Lipinski definition) is 5. The minimum Gasteiger partial charge on any atom is -0.409 e. The van der Waals surface area contributed by atoms with E-state index >= 15 is 0 Å². The average Bonchev–Trinajstić information content (AvgIpc) is 2.79.